The molecule has 1 aromatic carbocycles. The maximum atomic E-state index is 10.3. The number of unbranched alkanes of at least 4 members (excludes halogenated alkanes) is 1. The summed E-state index contributed by atoms with van der Waals surface area (Å²) in [5, 5.41) is 10.3. The number of hydrogen-bond donors (Lipinski definition) is 0. The minimum atomic E-state index is -0.142. The van der Waals surface area contributed by atoms with Gasteiger partial charge in [-0.05, 0) is 26.3 Å². The van der Waals surface area contributed by atoms with Crippen molar-refractivity contribution in [3.8, 4) is 11.5 Å². The van der Waals surface area contributed by atoms with Crippen molar-refractivity contribution in [2.75, 3.05) is 13.2 Å². The van der Waals surface area contributed by atoms with Crippen LogP contribution in [0.15, 0.2) is 18.2 Å². The lowest BCUT2D eigenvalue weighted by Crippen LogP contribution is -2.24. The normalized spacial score (nSPS) is 16.4. The van der Waals surface area contributed by atoms with Crippen molar-refractivity contribution in [3.63, 3.8) is 0 Å². The summed E-state index contributed by atoms with van der Waals surface area (Å²) in [6.45, 7) is 4.71. The molecule has 1 heterocycles. The summed E-state index contributed by atoms with van der Waals surface area (Å²) >= 11 is 0. The fraction of sp³-hybridized carbons (Fsp3) is 0.571. The van der Waals surface area contributed by atoms with Gasteiger partial charge >= 0.3 is 0 Å². The molecule has 0 saturated heterocycles. The summed E-state index contributed by atoms with van der Waals surface area (Å²) in [5.41, 5.74) is 1.06. The van der Waals surface area contributed by atoms with Crippen molar-refractivity contribution in [2.45, 2.75) is 38.7 Å². The largest absolute Gasteiger partial charge is 0.854 e. The van der Waals surface area contributed by atoms with Gasteiger partial charge in [0.25, 0.3) is 0 Å². The van der Waals surface area contributed by atoms with Gasteiger partial charge in [0.2, 0.25) is 0 Å². The maximum absolute atomic E-state index is 10.3. The van der Waals surface area contributed by atoms with E-state index in [0.717, 1.165) is 24.3 Å². The lowest BCUT2D eigenvalue weighted by molar-refractivity contribution is -0.368. The summed E-state index contributed by atoms with van der Waals surface area (Å²) in [4.78, 5) is 0. The summed E-state index contributed by atoms with van der Waals surface area (Å²) in [5.74, 6) is 1.68. The molecule has 0 N–H and O–H groups in total. The molecule has 3 nitrogen and oxygen atoms in total. The number of benzene rings is 1. The zero-order valence-electron chi connectivity index (χ0n) is 10.5. The molecule has 0 aromatic heterocycles. The monoisotopic (exact) mass is 235 g/mol. The van der Waals surface area contributed by atoms with Gasteiger partial charge in [0.1, 0.15) is 5.60 Å². The second-order valence-corrected chi connectivity index (χ2v) is 5.04. The van der Waals surface area contributed by atoms with E-state index in [0.29, 0.717) is 13.0 Å². The first kappa shape index (κ1) is 12.2. The molecular weight excluding hydrogens is 216 g/mol. The zero-order chi connectivity index (χ0) is 12.3. The van der Waals surface area contributed by atoms with E-state index in [4.69, 9.17) is 9.47 Å². The van der Waals surface area contributed by atoms with E-state index in [1.54, 1.807) is 0 Å². The van der Waals surface area contributed by atoms with Gasteiger partial charge in [-0.2, -0.15) is 0 Å². The third kappa shape index (κ3) is 2.91. The molecule has 0 spiro atoms. The van der Waals surface area contributed by atoms with Gasteiger partial charge < -0.3 is 14.6 Å². The van der Waals surface area contributed by atoms with Gasteiger partial charge in [0, 0.05) is 12.0 Å². The Labute approximate surface area is 102 Å². The van der Waals surface area contributed by atoms with Crippen molar-refractivity contribution >= 4 is 0 Å². The highest BCUT2D eigenvalue weighted by atomic mass is 16.5. The Balaban J connectivity index is 2.03. The highest BCUT2D eigenvalue weighted by Gasteiger charge is 2.32. The second kappa shape index (κ2) is 4.96. The predicted octanol–water partition coefficient (Wildman–Crippen LogP) is 1.92. The topological polar surface area (TPSA) is 41.5 Å². The van der Waals surface area contributed by atoms with Gasteiger partial charge in [-0.1, -0.05) is 18.6 Å². The van der Waals surface area contributed by atoms with E-state index in [1.807, 2.05) is 12.1 Å². The molecule has 1 aliphatic heterocycles. The second-order valence-electron chi connectivity index (χ2n) is 5.04. The number of hydrogen-bond acceptors (Lipinski definition) is 3. The average molecular weight is 235 g/mol. The molecule has 0 fully saturated rings. The highest BCUT2D eigenvalue weighted by molar-refractivity contribution is 5.50. The van der Waals surface area contributed by atoms with Crippen molar-refractivity contribution < 1.29 is 14.6 Å². The van der Waals surface area contributed by atoms with E-state index in [9.17, 15) is 5.11 Å². The average Bonchev–Trinajstić information content (AvgIpc) is 2.59. The van der Waals surface area contributed by atoms with Crippen LogP contribution in [0.3, 0.4) is 0 Å². The van der Waals surface area contributed by atoms with E-state index in [-0.39, 0.29) is 12.2 Å². The molecule has 94 valence electrons. The number of fused-ring (bicyclic) bond motifs is 1. The SMILES string of the molecule is CC1(C)Cc2cccc(OCCCC[O-])c2O1. The van der Waals surface area contributed by atoms with Crippen LogP contribution in [0.25, 0.3) is 0 Å². The Morgan fingerprint density at radius 3 is 2.94 bits per heavy atom. The molecule has 0 saturated carbocycles. The van der Waals surface area contributed by atoms with Crippen LogP contribution in [0.4, 0.5) is 0 Å². The van der Waals surface area contributed by atoms with Crippen molar-refractivity contribution in [1.82, 2.24) is 0 Å². The predicted molar refractivity (Wildman–Crippen MR) is 64.4 cm³/mol. The van der Waals surface area contributed by atoms with Gasteiger partial charge in [-0.3, -0.25) is 0 Å². The van der Waals surface area contributed by atoms with Crippen LogP contribution in [0.5, 0.6) is 11.5 Å². The third-order valence-electron chi connectivity index (χ3n) is 2.85. The summed E-state index contributed by atoms with van der Waals surface area (Å²) < 4.78 is 11.6. The molecule has 17 heavy (non-hydrogen) atoms. The van der Waals surface area contributed by atoms with Crippen LogP contribution >= 0.6 is 0 Å². The van der Waals surface area contributed by atoms with Crippen LogP contribution in [0.1, 0.15) is 32.3 Å². The van der Waals surface area contributed by atoms with Gasteiger partial charge in [0.05, 0.1) is 6.61 Å². The Bertz CT molecular complexity index is 385. The molecule has 0 bridgehead atoms. The third-order valence-corrected chi connectivity index (χ3v) is 2.85. The first-order chi connectivity index (χ1) is 8.12. The van der Waals surface area contributed by atoms with Crippen molar-refractivity contribution in [2.24, 2.45) is 0 Å². The van der Waals surface area contributed by atoms with E-state index in [1.165, 1.54) is 5.56 Å². The van der Waals surface area contributed by atoms with Crippen molar-refractivity contribution in [3.05, 3.63) is 23.8 Å². The molecular formula is C14H19O3-. The molecule has 0 atom stereocenters. The minimum absolute atomic E-state index is 0.0280. The quantitative estimate of drug-likeness (QED) is 0.732. The number of para-hydroxylation sites is 1. The van der Waals surface area contributed by atoms with Gasteiger partial charge in [-0.25, -0.2) is 0 Å². The lowest BCUT2D eigenvalue weighted by Gasteiger charge is -2.18. The highest BCUT2D eigenvalue weighted by Crippen LogP contribution is 2.41. The fourth-order valence-corrected chi connectivity index (χ4v) is 2.09. The zero-order valence-corrected chi connectivity index (χ0v) is 10.5. The Hall–Kier alpha value is -1.22. The molecule has 2 rings (SSSR count). The summed E-state index contributed by atoms with van der Waals surface area (Å²) in [6.07, 6.45) is 2.39. The lowest BCUT2D eigenvalue weighted by atomic mass is 10.0. The molecule has 1 aromatic rings. The number of rotatable bonds is 5. The molecule has 1 aliphatic rings. The summed E-state index contributed by atoms with van der Waals surface area (Å²) in [7, 11) is 0. The number of ether oxygens (including phenoxy) is 2. The van der Waals surface area contributed by atoms with Crippen LogP contribution in [0, 0.1) is 0 Å². The van der Waals surface area contributed by atoms with E-state index < -0.39 is 0 Å². The van der Waals surface area contributed by atoms with E-state index in [2.05, 4.69) is 19.9 Å². The summed E-state index contributed by atoms with van der Waals surface area (Å²) in [6, 6.07) is 6.00. The Morgan fingerprint density at radius 2 is 2.18 bits per heavy atom. The van der Waals surface area contributed by atoms with Crippen LogP contribution in [0.2, 0.25) is 0 Å². The van der Waals surface area contributed by atoms with Crippen LogP contribution in [-0.2, 0) is 6.42 Å². The first-order valence-corrected chi connectivity index (χ1v) is 6.14. The fourth-order valence-electron chi connectivity index (χ4n) is 2.09. The standard InChI is InChI=1S/C14H19O3/c1-14(2)10-11-6-5-7-12(13(11)17-14)16-9-4-3-8-15/h5-7H,3-4,8-10H2,1-2H3/q-1. The van der Waals surface area contributed by atoms with Crippen LogP contribution in [-0.4, -0.2) is 18.8 Å². The van der Waals surface area contributed by atoms with Crippen molar-refractivity contribution in [1.29, 1.82) is 0 Å². The van der Waals surface area contributed by atoms with Crippen LogP contribution < -0.4 is 14.6 Å². The Morgan fingerprint density at radius 1 is 1.35 bits per heavy atom. The molecule has 0 aliphatic carbocycles. The molecule has 0 amide bonds. The Kier molecular flexibility index (Phi) is 3.57. The molecule has 0 unspecified atom stereocenters. The van der Waals surface area contributed by atoms with Gasteiger partial charge in [-0.15, -0.1) is 6.61 Å². The van der Waals surface area contributed by atoms with E-state index >= 15 is 0 Å². The van der Waals surface area contributed by atoms with Gasteiger partial charge in [0.15, 0.2) is 11.5 Å². The first-order valence-electron chi connectivity index (χ1n) is 6.14. The molecule has 0 radical (unpaired) electrons. The smallest absolute Gasteiger partial charge is 0.165 e. The molecule has 3 heteroatoms. The maximum Gasteiger partial charge on any atom is 0.165 e. The minimum Gasteiger partial charge on any atom is -0.854 e.